The smallest absolute Gasteiger partial charge is 0.420 e. The van der Waals surface area contributed by atoms with Crippen molar-refractivity contribution in [2.24, 2.45) is 5.92 Å². The summed E-state index contributed by atoms with van der Waals surface area (Å²) < 4.78 is 60.6. The molecular weight excluding hydrogens is 454 g/mol. The van der Waals surface area contributed by atoms with E-state index in [-0.39, 0.29) is 28.9 Å². The van der Waals surface area contributed by atoms with Gasteiger partial charge in [-0.25, -0.2) is 4.98 Å². The molecule has 1 fully saturated rings. The number of ether oxygens (including phenoxy) is 1. The molecule has 4 rings (SSSR count). The number of nitrogens with one attached hydrogen (secondary N) is 1. The van der Waals surface area contributed by atoms with Gasteiger partial charge in [0.1, 0.15) is 11.4 Å². The van der Waals surface area contributed by atoms with Gasteiger partial charge in [0.15, 0.2) is 5.13 Å². The third-order valence-electron chi connectivity index (χ3n) is 5.20. The maximum Gasteiger partial charge on any atom is 0.420 e. The number of benzene rings is 1. The van der Waals surface area contributed by atoms with Crippen molar-refractivity contribution in [3.8, 4) is 28.8 Å². The van der Waals surface area contributed by atoms with E-state index in [1.807, 2.05) is 0 Å². The average molecular weight is 476 g/mol. The summed E-state index contributed by atoms with van der Waals surface area (Å²) in [5, 5.41) is 2.33. The number of pyridine rings is 1. The Bertz CT molecular complexity index is 1150. The molecular formula is C24H21F4N3OS. The van der Waals surface area contributed by atoms with Gasteiger partial charge < -0.3 is 10.1 Å². The Kier molecular flexibility index (Phi) is 7.14. The summed E-state index contributed by atoms with van der Waals surface area (Å²) in [6, 6.07) is 6.93. The lowest BCUT2D eigenvalue weighted by molar-refractivity contribution is -0.138. The zero-order chi connectivity index (χ0) is 23.3. The maximum atomic E-state index is 14.3. The van der Waals surface area contributed by atoms with E-state index in [0.29, 0.717) is 29.2 Å². The second-order valence-corrected chi connectivity index (χ2v) is 8.57. The molecule has 1 aliphatic carbocycles. The molecule has 4 nitrogen and oxygen atoms in total. The van der Waals surface area contributed by atoms with Crippen LogP contribution in [0.15, 0.2) is 42.7 Å². The van der Waals surface area contributed by atoms with Gasteiger partial charge in [0.05, 0.1) is 12.2 Å². The summed E-state index contributed by atoms with van der Waals surface area (Å²) in [5.41, 5.74) is -0.219. The van der Waals surface area contributed by atoms with Crippen LogP contribution in [0.4, 0.5) is 28.4 Å². The van der Waals surface area contributed by atoms with Crippen LogP contribution in [0.1, 0.15) is 37.7 Å². The van der Waals surface area contributed by atoms with E-state index in [1.54, 1.807) is 18.3 Å². The van der Waals surface area contributed by atoms with Crippen molar-refractivity contribution >= 4 is 22.2 Å². The van der Waals surface area contributed by atoms with Crippen LogP contribution in [0.5, 0.6) is 5.75 Å². The van der Waals surface area contributed by atoms with Crippen LogP contribution < -0.4 is 10.1 Å². The van der Waals surface area contributed by atoms with Crippen LogP contribution in [0, 0.1) is 22.9 Å². The zero-order valence-electron chi connectivity index (χ0n) is 17.6. The summed E-state index contributed by atoms with van der Waals surface area (Å²) >= 11 is 0.707. The van der Waals surface area contributed by atoms with E-state index in [0.717, 1.165) is 18.9 Å². The first-order chi connectivity index (χ1) is 15.9. The minimum Gasteiger partial charge on any atom is -0.492 e. The monoisotopic (exact) mass is 475 g/mol. The third-order valence-corrected chi connectivity index (χ3v) is 5.96. The predicted octanol–water partition coefficient (Wildman–Crippen LogP) is 7.07. The predicted molar refractivity (Wildman–Crippen MR) is 120 cm³/mol. The number of anilines is 2. The Hall–Kier alpha value is -3.12. The lowest BCUT2D eigenvalue weighted by Crippen LogP contribution is -2.10. The van der Waals surface area contributed by atoms with Crippen molar-refractivity contribution < 1.29 is 22.3 Å². The van der Waals surface area contributed by atoms with Gasteiger partial charge in [-0.1, -0.05) is 36.0 Å². The molecule has 3 aromatic rings. The van der Waals surface area contributed by atoms with Crippen LogP contribution >= 0.6 is 11.3 Å². The van der Waals surface area contributed by atoms with Gasteiger partial charge >= 0.3 is 6.18 Å². The van der Waals surface area contributed by atoms with Gasteiger partial charge in [-0.05, 0) is 43.2 Å². The molecule has 33 heavy (non-hydrogen) atoms. The highest BCUT2D eigenvalue weighted by atomic mass is 32.1. The molecule has 9 heteroatoms. The fraction of sp³-hybridized carbons (Fsp3) is 0.333. The number of rotatable bonds is 6. The molecule has 1 aliphatic rings. The highest BCUT2D eigenvalue weighted by Crippen LogP contribution is 2.39. The van der Waals surface area contributed by atoms with E-state index in [1.165, 1.54) is 31.2 Å². The van der Waals surface area contributed by atoms with Crippen molar-refractivity contribution in [1.82, 2.24) is 9.97 Å². The Morgan fingerprint density at radius 2 is 2.00 bits per heavy atom. The molecule has 1 saturated carbocycles. The Morgan fingerprint density at radius 3 is 2.73 bits per heavy atom. The van der Waals surface area contributed by atoms with Gasteiger partial charge in [-0.3, -0.25) is 4.98 Å². The van der Waals surface area contributed by atoms with Gasteiger partial charge in [0, 0.05) is 36.0 Å². The molecule has 0 aliphatic heterocycles. The molecule has 0 bridgehead atoms. The molecule has 172 valence electrons. The molecule has 0 saturated heterocycles. The van der Waals surface area contributed by atoms with Crippen LogP contribution in [0.25, 0.3) is 11.3 Å². The molecule has 0 unspecified atom stereocenters. The molecule has 1 N–H and O–H groups in total. The van der Waals surface area contributed by atoms with Crippen molar-refractivity contribution in [2.45, 2.75) is 38.3 Å². The average Bonchev–Trinajstić information content (AvgIpc) is 3.44. The van der Waals surface area contributed by atoms with E-state index < -0.39 is 16.9 Å². The minimum absolute atomic E-state index is 0.0712. The molecule has 2 heterocycles. The van der Waals surface area contributed by atoms with Gasteiger partial charge in [0.2, 0.25) is 5.13 Å². The summed E-state index contributed by atoms with van der Waals surface area (Å²) in [7, 11) is 0. The minimum atomic E-state index is -4.61. The molecule has 1 aromatic carbocycles. The van der Waals surface area contributed by atoms with E-state index in [2.05, 4.69) is 27.1 Å². The number of halogens is 4. The van der Waals surface area contributed by atoms with Crippen LogP contribution in [-0.2, 0) is 6.18 Å². The van der Waals surface area contributed by atoms with Crippen molar-refractivity contribution in [3.63, 3.8) is 0 Å². The van der Waals surface area contributed by atoms with Crippen LogP contribution in [0.3, 0.4) is 0 Å². The quantitative estimate of drug-likeness (QED) is 0.235. The van der Waals surface area contributed by atoms with E-state index >= 15 is 0 Å². The maximum absolute atomic E-state index is 14.3. The summed E-state index contributed by atoms with van der Waals surface area (Å²) in [5.74, 6) is 6.30. The highest BCUT2D eigenvalue weighted by molar-refractivity contribution is 7.14. The molecule has 0 radical (unpaired) electrons. The molecule has 2 aromatic heterocycles. The zero-order valence-corrected chi connectivity index (χ0v) is 18.4. The Morgan fingerprint density at radius 1 is 1.18 bits per heavy atom. The van der Waals surface area contributed by atoms with Crippen LogP contribution in [0.2, 0.25) is 0 Å². The second kappa shape index (κ2) is 10.2. The summed E-state index contributed by atoms with van der Waals surface area (Å²) in [4.78, 5) is 8.09. The van der Waals surface area contributed by atoms with Crippen molar-refractivity contribution in [1.29, 1.82) is 0 Å². The third kappa shape index (κ3) is 6.02. The molecule has 0 atom stereocenters. The van der Waals surface area contributed by atoms with Gasteiger partial charge in [-0.15, -0.1) is 0 Å². The van der Waals surface area contributed by atoms with Gasteiger partial charge in [-0.2, -0.15) is 17.6 Å². The number of aromatic nitrogens is 2. The van der Waals surface area contributed by atoms with E-state index in [4.69, 9.17) is 4.74 Å². The standard InChI is InChI=1S/C24H21F4N3OS/c25-22-21(17-9-5-12-29-15-17)31-23(33-22)30-18-10-11-20(19(14-18)24(26,27)28)32-13-4-3-8-16-6-1-2-7-16/h5,9-12,14-16H,1-2,4,6-7,13H2,(H,30,31). The number of hydrogen-bond donors (Lipinski definition) is 1. The number of thiazole rings is 1. The summed E-state index contributed by atoms with van der Waals surface area (Å²) in [6.07, 6.45) is 3.32. The number of alkyl halides is 3. The fourth-order valence-electron chi connectivity index (χ4n) is 3.61. The van der Waals surface area contributed by atoms with Crippen molar-refractivity contribution in [3.05, 3.63) is 53.4 Å². The lowest BCUT2D eigenvalue weighted by atomic mass is 10.1. The summed E-state index contributed by atoms with van der Waals surface area (Å²) in [6.45, 7) is 0.0712. The highest BCUT2D eigenvalue weighted by Gasteiger charge is 2.35. The molecule has 0 spiro atoms. The first-order valence-corrected chi connectivity index (χ1v) is 11.4. The number of nitrogens with zero attached hydrogens (tertiary/aromatic N) is 2. The van der Waals surface area contributed by atoms with Gasteiger partial charge in [0.25, 0.3) is 0 Å². The topological polar surface area (TPSA) is 47.0 Å². The first kappa shape index (κ1) is 23.1. The van der Waals surface area contributed by atoms with Crippen LogP contribution in [-0.4, -0.2) is 16.6 Å². The number of hydrogen-bond acceptors (Lipinski definition) is 5. The normalized spacial score (nSPS) is 14.1. The van der Waals surface area contributed by atoms with E-state index in [9.17, 15) is 17.6 Å². The Labute approximate surface area is 193 Å². The SMILES string of the molecule is Fc1sc(Nc2ccc(OCCC#CC3CCCC3)c(C(F)(F)F)c2)nc1-c1cccnc1. The second-order valence-electron chi connectivity index (χ2n) is 7.62. The fourth-order valence-corrected chi connectivity index (χ4v) is 4.35. The largest absolute Gasteiger partial charge is 0.492 e. The Balaban J connectivity index is 1.45. The van der Waals surface area contributed by atoms with Crippen molar-refractivity contribution in [2.75, 3.05) is 11.9 Å². The first-order valence-electron chi connectivity index (χ1n) is 10.6. The lowest BCUT2D eigenvalue weighted by Gasteiger charge is -2.15. The molecule has 0 amide bonds.